The van der Waals surface area contributed by atoms with Gasteiger partial charge in [-0.25, -0.2) is 0 Å². The zero-order valence-electron chi connectivity index (χ0n) is 11.4. The molecule has 0 aliphatic rings. The molecule has 1 N–H and O–H groups in total. The van der Waals surface area contributed by atoms with Gasteiger partial charge < -0.3 is 9.88 Å². The summed E-state index contributed by atoms with van der Waals surface area (Å²) in [7, 11) is 1.68. The van der Waals surface area contributed by atoms with Crippen molar-refractivity contribution in [3.63, 3.8) is 0 Å². The summed E-state index contributed by atoms with van der Waals surface area (Å²) in [4.78, 5) is 28.2. The molecule has 1 heterocycles. The van der Waals surface area contributed by atoms with Crippen LogP contribution in [0.25, 0.3) is 0 Å². The van der Waals surface area contributed by atoms with Crippen molar-refractivity contribution in [3.8, 4) is 0 Å². The average molecular weight is 414 g/mol. The van der Waals surface area contributed by atoms with Crippen molar-refractivity contribution in [3.05, 3.63) is 68.0 Å². The minimum atomic E-state index is -0.385. The average Bonchev–Trinajstić information content (AvgIpc) is 2.49. The molecule has 0 fully saturated rings. The van der Waals surface area contributed by atoms with E-state index in [4.69, 9.17) is 0 Å². The highest BCUT2D eigenvalue weighted by Gasteiger charge is 2.16. The molecule has 2 rings (SSSR count). The van der Waals surface area contributed by atoms with Crippen molar-refractivity contribution >= 4 is 37.8 Å². The molecule has 2 aromatic rings. The van der Waals surface area contributed by atoms with E-state index in [1.165, 1.54) is 17.2 Å². The Labute approximate surface area is 139 Å². The van der Waals surface area contributed by atoms with Gasteiger partial charge >= 0.3 is 0 Å². The van der Waals surface area contributed by atoms with Crippen LogP contribution >= 0.6 is 31.9 Å². The third-order valence-corrected chi connectivity index (χ3v) is 4.12. The Morgan fingerprint density at radius 2 is 2.00 bits per heavy atom. The molecular weight excluding hydrogens is 400 g/mol. The number of rotatable bonds is 4. The Bertz CT molecular complexity index is 713. The number of hydrogen-bond donors (Lipinski definition) is 1. The summed E-state index contributed by atoms with van der Waals surface area (Å²) in [6, 6.07) is 9.49. The number of halogens is 2. The summed E-state index contributed by atoms with van der Waals surface area (Å²) in [6.45, 7) is 0.450. The molecular formula is C15H14Br2N2O2. The molecule has 0 radical (unpaired) electrons. The summed E-state index contributed by atoms with van der Waals surface area (Å²) in [6.07, 6.45) is 1.51. The fourth-order valence-electron chi connectivity index (χ4n) is 1.98. The Morgan fingerprint density at radius 1 is 1.29 bits per heavy atom. The molecule has 110 valence electrons. The second-order valence-corrected chi connectivity index (χ2v) is 6.15. The molecule has 0 spiro atoms. The maximum Gasteiger partial charge on any atom is 0.260 e. The zero-order valence-corrected chi connectivity index (χ0v) is 14.6. The first-order valence-electron chi connectivity index (χ1n) is 6.28. The number of aromatic nitrogens is 1. The summed E-state index contributed by atoms with van der Waals surface area (Å²) < 4.78 is 0.667. The van der Waals surface area contributed by atoms with Crippen molar-refractivity contribution in [2.45, 2.75) is 11.9 Å². The number of aromatic amines is 1. The smallest absolute Gasteiger partial charge is 0.260 e. The first-order chi connectivity index (χ1) is 10.0. The van der Waals surface area contributed by atoms with Gasteiger partial charge in [0.15, 0.2) is 0 Å². The van der Waals surface area contributed by atoms with Crippen molar-refractivity contribution in [1.82, 2.24) is 9.88 Å². The standard InChI is InChI=1S/C15H14Br2N2O2/c1-19(9-11-4-2-3-10(5-11)7-16)15(21)13-6-12(17)8-18-14(13)20/h2-6,8H,7,9H2,1H3,(H,18,20). The van der Waals surface area contributed by atoms with Crippen molar-refractivity contribution < 1.29 is 4.79 Å². The van der Waals surface area contributed by atoms with Gasteiger partial charge in [0.25, 0.3) is 11.5 Å². The topological polar surface area (TPSA) is 53.2 Å². The van der Waals surface area contributed by atoms with Crippen LogP contribution in [0.5, 0.6) is 0 Å². The third kappa shape index (κ3) is 4.04. The zero-order chi connectivity index (χ0) is 15.4. The fraction of sp³-hybridized carbons (Fsp3) is 0.200. The number of carbonyl (C=O) groups excluding carboxylic acids is 1. The van der Waals surface area contributed by atoms with Gasteiger partial charge in [-0.3, -0.25) is 9.59 Å². The lowest BCUT2D eigenvalue weighted by atomic mass is 10.1. The van der Waals surface area contributed by atoms with E-state index in [-0.39, 0.29) is 17.0 Å². The number of amides is 1. The highest BCUT2D eigenvalue weighted by atomic mass is 79.9. The van der Waals surface area contributed by atoms with Crippen LogP contribution < -0.4 is 5.56 Å². The molecule has 1 aromatic heterocycles. The number of H-pyrrole nitrogens is 1. The van der Waals surface area contributed by atoms with Gasteiger partial charge in [-0.05, 0) is 33.1 Å². The van der Waals surface area contributed by atoms with Crippen LogP contribution in [-0.2, 0) is 11.9 Å². The normalized spacial score (nSPS) is 10.4. The molecule has 0 aliphatic carbocycles. The maximum absolute atomic E-state index is 12.4. The van der Waals surface area contributed by atoms with Gasteiger partial charge in [0.2, 0.25) is 0 Å². The van der Waals surface area contributed by atoms with Crippen LogP contribution in [0, 0.1) is 0 Å². The Morgan fingerprint density at radius 3 is 2.71 bits per heavy atom. The van der Waals surface area contributed by atoms with E-state index in [2.05, 4.69) is 36.8 Å². The van der Waals surface area contributed by atoms with Crippen LogP contribution in [0.3, 0.4) is 0 Å². The van der Waals surface area contributed by atoms with Crippen molar-refractivity contribution in [2.75, 3.05) is 7.05 Å². The quantitative estimate of drug-likeness (QED) is 0.781. The Kier molecular flexibility index (Phi) is 5.36. The van der Waals surface area contributed by atoms with E-state index >= 15 is 0 Å². The Hall–Kier alpha value is -1.40. The molecule has 1 amide bonds. The van der Waals surface area contributed by atoms with Gasteiger partial charge in [0, 0.05) is 29.6 Å². The van der Waals surface area contributed by atoms with Crippen LogP contribution in [0.15, 0.2) is 45.8 Å². The molecule has 0 atom stereocenters. The van der Waals surface area contributed by atoms with Crippen molar-refractivity contribution in [2.24, 2.45) is 0 Å². The van der Waals surface area contributed by atoms with Crippen LogP contribution in [0.1, 0.15) is 21.5 Å². The SMILES string of the molecule is CN(Cc1cccc(CBr)c1)C(=O)c1cc(Br)c[nH]c1=O. The van der Waals surface area contributed by atoms with Gasteiger partial charge in [-0.15, -0.1) is 0 Å². The predicted octanol–water partition coefficient (Wildman–Crippen LogP) is 3.30. The number of pyridine rings is 1. The molecule has 0 unspecified atom stereocenters. The van der Waals surface area contributed by atoms with Gasteiger partial charge in [-0.2, -0.15) is 0 Å². The maximum atomic E-state index is 12.4. The molecule has 0 aliphatic heterocycles. The molecule has 1 aromatic carbocycles. The number of carbonyl (C=O) groups is 1. The van der Waals surface area contributed by atoms with E-state index in [0.29, 0.717) is 11.0 Å². The first kappa shape index (κ1) is 16.0. The highest BCUT2D eigenvalue weighted by Crippen LogP contribution is 2.13. The summed E-state index contributed by atoms with van der Waals surface area (Å²) in [5.41, 5.74) is 1.91. The first-order valence-corrected chi connectivity index (χ1v) is 8.20. The Balaban J connectivity index is 2.19. The van der Waals surface area contributed by atoms with E-state index < -0.39 is 0 Å². The molecule has 6 heteroatoms. The molecule has 0 bridgehead atoms. The van der Waals surface area contributed by atoms with E-state index in [0.717, 1.165) is 16.5 Å². The number of alkyl halides is 1. The summed E-state index contributed by atoms with van der Waals surface area (Å²) in [5, 5.41) is 0.768. The van der Waals surface area contributed by atoms with E-state index in [9.17, 15) is 9.59 Å². The van der Waals surface area contributed by atoms with Gasteiger partial charge in [-0.1, -0.05) is 40.2 Å². The van der Waals surface area contributed by atoms with Crippen LogP contribution in [0.4, 0.5) is 0 Å². The fourth-order valence-corrected chi connectivity index (χ4v) is 2.67. The molecule has 0 saturated heterocycles. The predicted molar refractivity (Wildman–Crippen MR) is 89.6 cm³/mol. The van der Waals surface area contributed by atoms with E-state index in [1.54, 1.807) is 7.05 Å². The lowest BCUT2D eigenvalue weighted by Gasteiger charge is -2.17. The monoisotopic (exact) mass is 412 g/mol. The second kappa shape index (κ2) is 7.04. The van der Waals surface area contributed by atoms with Gasteiger partial charge in [0.05, 0.1) is 0 Å². The highest BCUT2D eigenvalue weighted by molar-refractivity contribution is 9.10. The van der Waals surface area contributed by atoms with Crippen LogP contribution in [-0.4, -0.2) is 22.8 Å². The minimum absolute atomic E-state index is 0.128. The number of nitrogens with one attached hydrogen (secondary N) is 1. The molecule has 0 saturated carbocycles. The lowest BCUT2D eigenvalue weighted by Crippen LogP contribution is -2.31. The van der Waals surface area contributed by atoms with Crippen LogP contribution in [0.2, 0.25) is 0 Å². The second-order valence-electron chi connectivity index (χ2n) is 4.68. The number of hydrogen-bond acceptors (Lipinski definition) is 2. The van der Waals surface area contributed by atoms with Crippen molar-refractivity contribution in [1.29, 1.82) is 0 Å². The molecule has 4 nitrogen and oxygen atoms in total. The lowest BCUT2D eigenvalue weighted by molar-refractivity contribution is 0.0783. The third-order valence-electron chi connectivity index (χ3n) is 3.01. The van der Waals surface area contributed by atoms with Gasteiger partial charge in [0.1, 0.15) is 5.56 Å². The summed E-state index contributed by atoms with van der Waals surface area (Å²) >= 11 is 6.66. The number of benzene rings is 1. The van der Waals surface area contributed by atoms with E-state index in [1.807, 2.05) is 24.3 Å². The molecule has 21 heavy (non-hydrogen) atoms. The number of nitrogens with zero attached hydrogens (tertiary/aromatic N) is 1. The minimum Gasteiger partial charge on any atom is -0.337 e. The largest absolute Gasteiger partial charge is 0.337 e. The summed E-state index contributed by atoms with van der Waals surface area (Å²) in [5.74, 6) is -0.304.